The van der Waals surface area contributed by atoms with E-state index in [0.717, 1.165) is 18.8 Å². The minimum Gasteiger partial charge on any atom is -0.505 e. The number of fused-ring (bicyclic) bond motifs is 1. The predicted molar refractivity (Wildman–Crippen MR) is 213 cm³/mol. The van der Waals surface area contributed by atoms with Crippen LogP contribution in [0.4, 0.5) is 17.1 Å². The molecular weight excluding hydrogens is 794 g/mol. The summed E-state index contributed by atoms with van der Waals surface area (Å²) in [5, 5.41) is 17.2. The second-order valence-electron chi connectivity index (χ2n) is 14.4. The van der Waals surface area contributed by atoms with Crippen LogP contribution in [0.1, 0.15) is 5.56 Å². The molecule has 4 fully saturated rings. The Morgan fingerprint density at radius 3 is 2.07 bits per heavy atom. The normalized spacial score (nSPS) is 19.8. The number of hydrogen-bond acceptors (Lipinski definition) is 10. The Labute approximate surface area is 333 Å². The standard InChI is InChI=1S/C38H45BrClN9O6/c1-2-33(51)48-19-25(20-48)43-9-13-45(14-10-43)35(53)18-41-30-17-28(39)37(40)27(38(30)55)7-8-34(52)49-21-26(22-49)44-11-15-46(16-12-44)36(54)24-47-23-32(50)42-29-5-3-4-6-31(29)47/h2-8,17,25-26,41,55H,1,9-16,18-24H2,(H,42,50)/b8-7-. The number of phenolic OH excluding ortho intramolecular Hbond substituents is 1. The third-order valence-electron chi connectivity index (χ3n) is 11.1. The molecule has 3 N–H and O–H groups in total. The number of nitrogens with zero attached hydrogens (tertiary/aromatic N) is 7. The molecule has 17 heteroatoms. The summed E-state index contributed by atoms with van der Waals surface area (Å²) in [5.74, 6) is -0.695. The van der Waals surface area contributed by atoms with E-state index in [1.54, 1.807) is 20.8 Å². The molecule has 55 heavy (non-hydrogen) atoms. The Kier molecular flexibility index (Phi) is 11.7. The summed E-state index contributed by atoms with van der Waals surface area (Å²) < 4.78 is 0.500. The van der Waals surface area contributed by atoms with Gasteiger partial charge in [0, 0.05) is 107 Å². The van der Waals surface area contributed by atoms with Gasteiger partial charge < -0.3 is 40.2 Å². The topological polar surface area (TPSA) is 152 Å². The van der Waals surface area contributed by atoms with Gasteiger partial charge in [-0.2, -0.15) is 0 Å². The number of para-hydroxylation sites is 2. The summed E-state index contributed by atoms with van der Waals surface area (Å²) in [6, 6.07) is 9.56. The van der Waals surface area contributed by atoms with Crippen molar-refractivity contribution >= 4 is 80.2 Å². The third kappa shape index (κ3) is 8.47. The van der Waals surface area contributed by atoms with E-state index in [-0.39, 0.29) is 71.5 Å². The SMILES string of the molecule is C=CC(=O)N1CC(N2CCN(C(=O)CNc3cc(Br)c(Cl)c(/C=C\C(=O)N4CC(N5CCN(C(=O)CN6CC(=O)Nc7ccccc76)CC5)C4)c3O)CC2)C1. The van der Waals surface area contributed by atoms with Crippen LogP contribution in [0.5, 0.6) is 5.75 Å². The average Bonchev–Trinajstić information content (AvgIpc) is 3.14. The average molecular weight is 839 g/mol. The van der Waals surface area contributed by atoms with Crippen molar-refractivity contribution in [3.63, 3.8) is 0 Å². The largest absolute Gasteiger partial charge is 0.505 e. The number of piperazine rings is 2. The number of hydrogen-bond donors (Lipinski definition) is 3. The quantitative estimate of drug-likeness (QED) is 0.238. The minimum absolute atomic E-state index is 0.0188. The molecule has 15 nitrogen and oxygen atoms in total. The van der Waals surface area contributed by atoms with Crippen LogP contribution < -0.4 is 15.5 Å². The van der Waals surface area contributed by atoms with Gasteiger partial charge in [0.05, 0.1) is 41.7 Å². The summed E-state index contributed by atoms with van der Waals surface area (Å²) in [5.41, 5.74) is 2.11. The molecule has 0 bridgehead atoms. The molecule has 5 aliphatic heterocycles. The summed E-state index contributed by atoms with van der Waals surface area (Å²) in [4.78, 5) is 76.8. The van der Waals surface area contributed by atoms with Crippen LogP contribution >= 0.6 is 27.5 Å². The highest BCUT2D eigenvalue weighted by Gasteiger charge is 2.37. The van der Waals surface area contributed by atoms with Crippen LogP contribution in [0.15, 0.2) is 53.5 Å². The maximum atomic E-state index is 13.2. The van der Waals surface area contributed by atoms with E-state index in [1.165, 1.54) is 18.2 Å². The molecule has 2 aromatic carbocycles. The van der Waals surface area contributed by atoms with Crippen molar-refractivity contribution in [3.05, 3.63) is 64.1 Å². The first kappa shape index (κ1) is 38.6. The van der Waals surface area contributed by atoms with Crippen LogP contribution in [0, 0.1) is 0 Å². The molecule has 292 valence electrons. The van der Waals surface area contributed by atoms with E-state index in [9.17, 15) is 29.1 Å². The lowest BCUT2D eigenvalue weighted by Crippen LogP contribution is -2.64. The molecule has 5 heterocycles. The monoisotopic (exact) mass is 837 g/mol. The van der Waals surface area contributed by atoms with Gasteiger partial charge >= 0.3 is 0 Å². The maximum absolute atomic E-state index is 13.2. The summed E-state index contributed by atoms with van der Waals surface area (Å²) in [6.45, 7) is 11.4. The van der Waals surface area contributed by atoms with Crippen molar-refractivity contribution in [2.24, 2.45) is 0 Å². The van der Waals surface area contributed by atoms with Gasteiger partial charge in [-0.15, -0.1) is 0 Å². The highest BCUT2D eigenvalue weighted by Crippen LogP contribution is 2.40. The molecular formula is C38H45BrClN9O6. The lowest BCUT2D eigenvalue weighted by molar-refractivity contribution is -0.137. The van der Waals surface area contributed by atoms with Gasteiger partial charge in [-0.1, -0.05) is 30.3 Å². The Balaban J connectivity index is 0.847. The molecule has 0 aromatic heterocycles. The second-order valence-corrected chi connectivity index (χ2v) is 15.7. The van der Waals surface area contributed by atoms with Crippen LogP contribution in [-0.4, -0.2) is 174 Å². The Morgan fingerprint density at radius 1 is 0.873 bits per heavy atom. The minimum atomic E-state index is -0.211. The van der Waals surface area contributed by atoms with Crippen molar-refractivity contribution in [2.45, 2.75) is 12.1 Å². The van der Waals surface area contributed by atoms with Gasteiger partial charge in [-0.3, -0.25) is 33.8 Å². The number of carbonyl (C=O) groups is 5. The molecule has 0 unspecified atom stereocenters. The van der Waals surface area contributed by atoms with Crippen molar-refractivity contribution in [1.82, 2.24) is 29.4 Å². The van der Waals surface area contributed by atoms with Crippen LogP contribution in [0.25, 0.3) is 6.08 Å². The molecule has 2 aromatic rings. The van der Waals surface area contributed by atoms with Gasteiger partial charge in [0.2, 0.25) is 29.5 Å². The first-order valence-electron chi connectivity index (χ1n) is 18.5. The van der Waals surface area contributed by atoms with Crippen molar-refractivity contribution in [1.29, 1.82) is 0 Å². The third-order valence-corrected chi connectivity index (χ3v) is 12.4. The first-order valence-corrected chi connectivity index (χ1v) is 19.7. The summed E-state index contributed by atoms with van der Waals surface area (Å²) in [7, 11) is 0. The molecule has 0 aliphatic carbocycles. The number of carbonyl (C=O) groups excluding carboxylic acids is 5. The lowest BCUT2D eigenvalue weighted by atomic mass is 10.1. The van der Waals surface area contributed by atoms with E-state index in [4.69, 9.17) is 11.6 Å². The predicted octanol–water partition coefficient (Wildman–Crippen LogP) is 1.59. The Morgan fingerprint density at radius 2 is 1.45 bits per heavy atom. The lowest BCUT2D eigenvalue weighted by Gasteiger charge is -2.48. The molecule has 5 aliphatic rings. The number of rotatable bonds is 10. The van der Waals surface area contributed by atoms with Gasteiger partial charge in [0.15, 0.2) is 0 Å². The molecule has 7 rings (SSSR count). The van der Waals surface area contributed by atoms with E-state index in [2.05, 4.69) is 42.9 Å². The van der Waals surface area contributed by atoms with Gasteiger partial charge in [0.1, 0.15) is 5.75 Å². The molecule has 0 atom stereocenters. The Hall–Kier alpha value is -4.64. The number of aromatic hydroxyl groups is 1. The maximum Gasteiger partial charge on any atom is 0.246 e. The zero-order chi connectivity index (χ0) is 38.8. The van der Waals surface area contributed by atoms with Crippen molar-refractivity contribution in [2.75, 3.05) is 114 Å². The van der Waals surface area contributed by atoms with Crippen LogP contribution in [-0.2, 0) is 24.0 Å². The fraction of sp³-hybridized carbons (Fsp3) is 0.447. The van der Waals surface area contributed by atoms with E-state index in [1.807, 2.05) is 34.1 Å². The van der Waals surface area contributed by atoms with Gasteiger partial charge in [0.25, 0.3) is 0 Å². The number of likely N-dealkylation sites (tertiary alicyclic amines) is 2. The van der Waals surface area contributed by atoms with Crippen molar-refractivity contribution < 1.29 is 29.1 Å². The van der Waals surface area contributed by atoms with Gasteiger partial charge in [-0.25, -0.2) is 0 Å². The number of nitrogens with one attached hydrogen (secondary N) is 2. The smallest absolute Gasteiger partial charge is 0.246 e. The van der Waals surface area contributed by atoms with E-state index >= 15 is 0 Å². The molecule has 0 saturated carbocycles. The Bertz CT molecular complexity index is 1890. The summed E-state index contributed by atoms with van der Waals surface area (Å²) >= 11 is 9.96. The second kappa shape index (κ2) is 16.6. The number of anilines is 3. The zero-order valence-electron chi connectivity index (χ0n) is 30.5. The number of benzene rings is 2. The highest BCUT2D eigenvalue weighted by molar-refractivity contribution is 9.10. The fourth-order valence-electron chi connectivity index (χ4n) is 7.71. The first-order chi connectivity index (χ1) is 26.5. The van der Waals surface area contributed by atoms with Crippen molar-refractivity contribution in [3.8, 4) is 5.75 Å². The van der Waals surface area contributed by atoms with Crippen LogP contribution in [0.2, 0.25) is 5.02 Å². The van der Waals surface area contributed by atoms with Crippen LogP contribution in [0.3, 0.4) is 0 Å². The molecule has 4 saturated heterocycles. The number of amides is 5. The summed E-state index contributed by atoms with van der Waals surface area (Å²) in [6.07, 6.45) is 4.21. The molecule has 5 amide bonds. The molecule has 0 radical (unpaired) electrons. The molecule has 0 spiro atoms. The highest BCUT2D eigenvalue weighted by atomic mass is 79.9. The van der Waals surface area contributed by atoms with E-state index in [0.29, 0.717) is 87.3 Å². The number of halogens is 2. The number of phenols is 1. The van der Waals surface area contributed by atoms with Gasteiger partial charge in [-0.05, 0) is 46.3 Å². The zero-order valence-corrected chi connectivity index (χ0v) is 32.8. The van der Waals surface area contributed by atoms with E-state index < -0.39 is 0 Å². The fourth-order valence-corrected chi connectivity index (χ4v) is 8.36.